The maximum absolute atomic E-state index is 10.7. The molecule has 2 aromatic heterocycles. The quantitative estimate of drug-likeness (QED) is 0.216. The lowest BCUT2D eigenvalue weighted by molar-refractivity contribution is -0.646. The number of halogens is 3. The zero-order valence-corrected chi connectivity index (χ0v) is 20.8. The van der Waals surface area contributed by atoms with E-state index < -0.39 is 15.6 Å². The molecular weight excluding hydrogens is 495 g/mol. The van der Waals surface area contributed by atoms with Gasteiger partial charge in [-0.25, -0.2) is 8.42 Å². The van der Waals surface area contributed by atoms with Gasteiger partial charge in [-0.1, -0.05) is 35.0 Å². The van der Waals surface area contributed by atoms with E-state index in [2.05, 4.69) is 103 Å². The molecule has 11 heteroatoms. The number of fused-ring (bicyclic) bond motifs is 1. The van der Waals surface area contributed by atoms with Crippen LogP contribution in [0.4, 0.5) is 18.9 Å². The number of hydrogen-bond donors (Lipinski definition) is 0. The first-order valence-corrected chi connectivity index (χ1v) is 12.0. The van der Waals surface area contributed by atoms with Crippen molar-refractivity contribution in [2.45, 2.75) is 12.4 Å². The summed E-state index contributed by atoms with van der Waals surface area (Å²) in [6.45, 7) is 2.07. The highest BCUT2D eigenvalue weighted by atomic mass is 32.2. The number of rotatable bonds is 4. The molecule has 0 amide bonds. The monoisotopic (exact) mass is 519 g/mol. The minimum Gasteiger partial charge on any atom is -0.741 e. The summed E-state index contributed by atoms with van der Waals surface area (Å²) in [6, 6.07) is 21.0. The van der Waals surface area contributed by atoms with Crippen LogP contribution in [-0.2, 0) is 17.2 Å². The molecule has 0 aliphatic rings. The molecule has 36 heavy (non-hydrogen) atoms. The summed E-state index contributed by atoms with van der Waals surface area (Å²) in [5, 5.41) is 5.39. The molecular formula is C25H24F3N3O4S. The predicted molar refractivity (Wildman–Crippen MR) is 131 cm³/mol. The van der Waals surface area contributed by atoms with Gasteiger partial charge in [-0.15, -0.1) is 0 Å². The largest absolute Gasteiger partial charge is 0.741 e. The number of pyridine rings is 1. The molecule has 0 spiro atoms. The molecule has 0 unspecified atom stereocenters. The summed E-state index contributed by atoms with van der Waals surface area (Å²) in [4.78, 5) is 2.11. The summed E-state index contributed by atoms with van der Waals surface area (Å²) in [6.07, 6.45) is 4.05. The van der Waals surface area contributed by atoms with Gasteiger partial charge in [-0.2, -0.15) is 17.7 Å². The smallest absolute Gasteiger partial charge is 0.485 e. The lowest BCUT2D eigenvalue weighted by Gasteiger charge is -2.12. The summed E-state index contributed by atoms with van der Waals surface area (Å²) in [5.74, 6) is 0.777. The van der Waals surface area contributed by atoms with E-state index >= 15 is 0 Å². The van der Waals surface area contributed by atoms with Crippen molar-refractivity contribution in [2.24, 2.45) is 7.05 Å². The molecule has 2 heterocycles. The van der Waals surface area contributed by atoms with Crippen LogP contribution in [0.2, 0.25) is 0 Å². The molecule has 7 nitrogen and oxygen atoms in total. The highest BCUT2D eigenvalue weighted by Crippen LogP contribution is 2.23. The number of nitrogens with zero attached hydrogens (tertiary/aromatic N) is 3. The van der Waals surface area contributed by atoms with Crippen molar-refractivity contribution in [2.75, 3.05) is 19.0 Å². The zero-order chi connectivity index (χ0) is 26.7. The Morgan fingerprint density at radius 3 is 2.22 bits per heavy atom. The van der Waals surface area contributed by atoms with Crippen LogP contribution in [0, 0.1) is 6.92 Å². The lowest BCUT2D eigenvalue weighted by atomic mass is 10.1. The molecule has 0 bridgehead atoms. The Morgan fingerprint density at radius 2 is 1.64 bits per heavy atom. The van der Waals surface area contributed by atoms with Crippen LogP contribution in [-0.4, -0.2) is 37.7 Å². The van der Waals surface area contributed by atoms with E-state index in [1.165, 1.54) is 22.2 Å². The second-order valence-corrected chi connectivity index (χ2v) is 9.54. The fourth-order valence-electron chi connectivity index (χ4n) is 3.24. The molecule has 0 saturated heterocycles. The van der Waals surface area contributed by atoms with Crippen LogP contribution in [0.3, 0.4) is 0 Å². The minimum atomic E-state index is -6.09. The average Bonchev–Trinajstić information content (AvgIpc) is 3.27. The molecule has 2 aromatic carbocycles. The Morgan fingerprint density at radius 1 is 1.00 bits per heavy atom. The number of aryl methyl sites for hydroxylation is 2. The van der Waals surface area contributed by atoms with E-state index in [9.17, 15) is 13.2 Å². The van der Waals surface area contributed by atoms with Crippen molar-refractivity contribution in [1.29, 1.82) is 0 Å². The number of anilines is 1. The van der Waals surface area contributed by atoms with Gasteiger partial charge >= 0.3 is 5.51 Å². The summed E-state index contributed by atoms with van der Waals surface area (Å²) in [7, 11) is 0.104. The molecule has 0 saturated carbocycles. The van der Waals surface area contributed by atoms with E-state index in [1.807, 2.05) is 12.1 Å². The molecule has 4 aromatic rings. The fraction of sp³-hybridized carbons (Fsp3) is 0.200. The number of aromatic nitrogens is 2. The van der Waals surface area contributed by atoms with Crippen LogP contribution in [0.15, 0.2) is 65.2 Å². The first-order valence-electron chi connectivity index (χ1n) is 10.6. The van der Waals surface area contributed by atoms with Crippen molar-refractivity contribution in [3.8, 4) is 11.3 Å². The maximum Gasteiger partial charge on any atom is 0.485 e. The Kier molecular flexibility index (Phi) is 7.85. The first kappa shape index (κ1) is 26.9. The second-order valence-electron chi connectivity index (χ2n) is 8.17. The van der Waals surface area contributed by atoms with Crippen LogP contribution < -0.4 is 9.47 Å². The van der Waals surface area contributed by atoms with Gasteiger partial charge in [-0.05, 0) is 31.2 Å². The van der Waals surface area contributed by atoms with Crippen molar-refractivity contribution in [1.82, 2.24) is 5.16 Å². The van der Waals surface area contributed by atoms with Gasteiger partial charge in [0.05, 0.1) is 0 Å². The van der Waals surface area contributed by atoms with E-state index in [0.717, 1.165) is 22.7 Å². The Balaban J connectivity index is 0.000000392. The Bertz CT molecular complexity index is 1490. The van der Waals surface area contributed by atoms with E-state index in [4.69, 9.17) is 17.5 Å². The fourth-order valence-corrected chi connectivity index (χ4v) is 3.24. The van der Waals surface area contributed by atoms with Gasteiger partial charge < -0.3 is 14.0 Å². The van der Waals surface area contributed by atoms with Gasteiger partial charge in [-0.3, -0.25) is 0 Å². The Labute approximate surface area is 206 Å². The van der Waals surface area contributed by atoms with Gasteiger partial charge in [0.25, 0.3) is 0 Å². The maximum atomic E-state index is 10.7. The van der Waals surface area contributed by atoms with Crippen LogP contribution >= 0.6 is 0 Å². The summed E-state index contributed by atoms with van der Waals surface area (Å²) < 4.78 is 66.6. The molecule has 190 valence electrons. The first-order chi connectivity index (χ1) is 16.8. The lowest BCUT2D eigenvalue weighted by Crippen LogP contribution is -2.32. The SMILES string of the molecule is Cc1ccc(-c2cc(C=Cc3ccc4cc(N(C)C)ccc4[n+]3C)no2)cc1.O=S(=O)([O-])C(F)(F)F. The highest BCUT2D eigenvalue weighted by Gasteiger charge is 2.36. The van der Waals surface area contributed by atoms with E-state index in [-0.39, 0.29) is 0 Å². The van der Waals surface area contributed by atoms with Crippen molar-refractivity contribution in [3.63, 3.8) is 0 Å². The molecule has 0 aliphatic carbocycles. The van der Waals surface area contributed by atoms with Gasteiger partial charge in [0.1, 0.15) is 12.7 Å². The minimum absolute atomic E-state index is 0.777. The average molecular weight is 520 g/mol. The number of benzene rings is 2. The molecule has 4 rings (SSSR count). The highest BCUT2D eigenvalue weighted by molar-refractivity contribution is 7.86. The third kappa shape index (κ3) is 6.49. The third-order valence-electron chi connectivity index (χ3n) is 5.28. The third-order valence-corrected chi connectivity index (χ3v) is 5.85. The number of hydrogen-bond acceptors (Lipinski definition) is 6. The summed E-state index contributed by atoms with van der Waals surface area (Å²) >= 11 is 0. The predicted octanol–water partition coefficient (Wildman–Crippen LogP) is 4.92. The van der Waals surface area contributed by atoms with Gasteiger partial charge in [0.2, 0.25) is 11.2 Å². The molecule has 0 atom stereocenters. The normalized spacial score (nSPS) is 12.0. The van der Waals surface area contributed by atoms with Crippen molar-refractivity contribution < 1.29 is 35.2 Å². The van der Waals surface area contributed by atoms with Gasteiger partial charge in [0.15, 0.2) is 15.9 Å². The molecule has 0 N–H and O–H groups in total. The van der Waals surface area contributed by atoms with Crippen LogP contribution in [0.5, 0.6) is 0 Å². The summed E-state index contributed by atoms with van der Waals surface area (Å²) in [5.41, 5.74) is 0.905. The molecule has 0 aliphatic heterocycles. The van der Waals surface area contributed by atoms with Gasteiger partial charge in [0, 0.05) is 55.0 Å². The van der Waals surface area contributed by atoms with E-state index in [1.54, 1.807) is 0 Å². The number of alkyl halides is 3. The standard InChI is InChI=1S/C24H24N3O.CHF3O3S/c1-17-5-7-18(8-6-17)24-16-20(25-28-24)10-12-21-11-9-19-15-22(26(2)3)13-14-23(19)27(21)4;2-1(3,4)8(5,6)7/h5-16H,1-4H3;(H,5,6,7)/q+1;/p-1. The molecule has 0 fully saturated rings. The second kappa shape index (κ2) is 10.5. The van der Waals surface area contributed by atoms with Crippen LogP contribution in [0.25, 0.3) is 34.4 Å². The Hall–Kier alpha value is -3.70. The molecule has 0 radical (unpaired) electrons. The van der Waals surface area contributed by atoms with E-state index in [0.29, 0.717) is 0 Å². The topological polar surface area (TPSA) is 90.4 Å². The zero-order valence-electron chi connectivity index (χ0n) is 19.9. The van der Waals surface area contributed by atoms with Crippen LogP contribution in [0.1, 0.15) is 17.0 Å². The van der Waals surface area contributed by atoms with Crippen molar-refractivity contribution >= 4 is 38.9 Å². The van der Waals surface area contributed by atoms with Crippen molar-refractivity contribution in [3.05, 3.63) is 77.6 Å².